The summed E-state index contributed by atoms with van der Waals surface area (Å²) in [6.45, 7) is 0.330. The highest BCUT2D eigenvalue weighted by Crippen LogP contribution is 2.25. The molecule has 0 N–H and O–H groups in total. The van der Waals surface area contributed by atoms with E-state index in [0.717, 1.165) is 12.2 Å². The fourth-order valence-electron chi connectivity index (χ4n) is 1.04. The lowest BCUT2D eigenvalue weighted by atomic mass is 10.3. The third kappa shape index (κ3) is 3.99. The van der Waals surface area contributed by atoms with E-state index in [-0.39, 0.29) is 5.75 Å². The Morgan fingerprint density at radius 2 is 1.93 bits per heavy atom. The Morgan fingerprint density at radius 3 is 2.47 bits per heavy atom. The smallest absolute Gasteiger partial charge is 0.190 e. The van der Waals surface area contributed by atoms with Crippen LogP contribution in [0.1, 0.15) is 6.42 Å². The average molecular weight is 297 g/mol. The summed E-state index contributed by atoms with van der Waals surface area (Å²) in [5.74, 6) is -0.726. The molecule has 0 heterocycles. The Labute approximate surface area is 100 Å². The molecule has 0 aliphatic heterocycles. The van der Waals surface area contributed by atoms with Gasteiger partial charge in [-0.25, -0.2) is 8.78 Å². The Kier molecular flexibility index (Phi) is 5.39. The first-order valence-corrected chi connectivity index (χ1v) is 6.60. The van der Waals surface area contributed by atoms with E-state index < -0.39 is 11.6 Å². The number of thioether (sulfide) groups is 1. The first-order valence-electron chi connectivity index (χ1n) is 4.41. The first-order chi connectivity index (χ1) is 7.15. The molecule has 0 atom stereocenters. The third-order valence-electron chi connectivity index (χ3n) is 1.70. The van der Waals surface area contributed by atoms with Crippen molar-refractivity contribution in [2.45, 2.75) is 6.42 Å². The zero-order chi connectivity index (χ0) is 11.3. The van der Waals surface area contributed by atoms with Crippen LogP contribution in [-0.4, -0.2) is 18.6 Å². The van der Waals surface area contributed by atoms with E-state index in [9.17, 15) is 8.78 Å². The maximum Gasteiger partial charge on any atom is 0.190 e. The maximum absolute atomic E-state index is 13.2. The molecule has 1 rings (SSSR count). The van der Waals surface area contributed by atoms with E-state index in [2.05, 4.69) is 15.9 Å². The highest BCUT2D eigenvalue weighted by molar-refractivity contribution is 9.10. The van der Waals surface area contributed by atoms with Crippen molar-refractivity contribution in [2.75, 3.05) is 18.6 Å². The Hall–Kier alpha value is -0.290. The lowest BCUT2D eigenvalue weighted by molar-refractivity contribution is 0.285. The zero-order valence-electron chi connectivity index (χ0n) is 8.23. The minimum atomic E-state index is -0.675. The normalized spacial score (nSPS) is 10.4. The van der Waals surface area contributed by atoms with Gasteiger partial charge in [-0.2, -0.15) is 11.8 Å². The fraction of sp³-hybridized carbons (Fsp3) is 0.400. The van der Waals surface area contributed by atoms with Crippen LogP contribution in [-0.2, 0) is 0 Å². The van der Waals surface area contributed by atoms with Gasteiger partial charge in [0.05, 0.1) is 6.61 Å². The van der Waals surface area contributed by atoms with Crippen molar-refractivity contribution in [3.63, 3.8) is 0 Å². The molecule has 5 heteroatoms. The number of hydrogen-bond acceptors (Lipinski definition) is 2. The van der Waals surface area contributed by atoms with Crippen LogP contribution >= 0.6 is 27.7 Å². The molecule has 0 unspecified atom stereocenters. The summed E-state index contributed by atoms with van der Waals surface area (Å²) in [5, 5.41) is 0. The minimum absolute atomic E-state index is 0.292. The number of benzene rings is 1. The van der Waals surface area contributed by atoms with Crippen molar-refractivity contribution in [3.8, 4) is 5.75 Å². The molecule has 1 aromatic rings. The number of rotatable bonds is 5. The summed E-state index contributed by atoms with van der Waals surface area (Å²) >= 11 is 4.67. The van der Waals surface area contributed by atoms with E-state index in [1.165, 1.54) is 12.1 Å². The van der Waals surface area contributed by atoms with Crippen molar-refractivity contribution >= 4 is 27.7 Å². The van der Waals surface area contributed by atoms with E-state index >= 15 is 0 Å². The second-order valence-corrected chi connectivity index (χ2v) is 4.79. The number of ether oxygens (including phenoxy) is 1. The molecule has 0 aliphatic rings. The Morgan fingerprint density at radius 1 is 1.33 bits per heavy atom. The standard InChI is InChI=1S/C10H11BrF2OS/c1-15-4-2-3-14-10-8(12)5-7(11)6-9(10)13/h5-6H,2-4H2,1H3. The van der Waals surface area contributed by atoms with Crippen molar-refractivity contribution in [2.24, 2.45) is 0 Å². The van der Waals surface area contributed by atoms with Crippen LogP contribution in [0.25, 0.3) is 0 Å². The summed E-state index contributed by atoms with van der Waals surface area (Å²) in [6, 6.07) is 2.37. The third-order valence-corrected chi connectivity index (χ3v) is 2.86. The molecule has 1 nitrogen and oxygen atoms in total. The molecule has 0 saturated carbocycles. The first kappa shape index (κ1) is 12.8. The van der Waals surface area contributed by atoms with Gasteiger partial charge in [0.15, 0.2) is 17.4 Å². The highest BCUT2D eigenvalue weighted by Gasteiger charge is 2.11. The van der Waals surface area contributed by atoms with Gasteiger partial charge >= 0.3 is 0 Å². The summed E-state index contributed by atoms with van der Waals surface area (Å²) in [6.07, 6.45) is 2.75. The number of hydrogen-bond donors (Lipinski definition) is 0. The second kappa shape index (κ2) is 6.33. The van der Waals surface area contributed by atoms with Crippen LogP contribution in [0.4, 0.5) is 8.78 Å². The summed E-state index contributed by atoms with van der Waals surface area (Å²) in [5.41, 5.74) is 0. The van der Waals surface area contributed by atoms with Gasteiger partial charge in [-0.3, -0.25) is 0 Å². The van der Waals surface area contributed by atoms with Crippen LogP contribution in [0.2, 0.25) is 0 Å². The SMILES string of the molecule is CSCCCOc1c(F)cc(Br)cc1F. The van der Waals surface area contributed by atoms with Gasteiger partial charge < -0.3 is 4.74 Å². The summed E-state index contributed by atoms with van der Waals surface area (Å²) in [7, 11) is 0. The van der Waals surface area contributed by atoms with Gasteiger partial charge in [0.2, 0.25) is 0 Å². The van der Waals surface area contributed by atoms with Crippen molar-refractivity contribution in [1.29, 1.82) is 0 Å². The minimum Gasteiger partial charge on any atom is -0.488 e. The van der Waals surface area contributed by atoms with E-state index in [4.69, 9.17) is 4.74 Å². The molecule has 0 spiro atoms. The molecule has 0 amide bonds. The van der Waals surface area contributed by atoms with Gasteiger partial charge in [0, 0.05) is 4.47 Å². The lowest BCUT2D eigenvalue weighted by Crippen LogP contribution is -2.02. The van der Waals surface area contributed by atoms with Crippen LogP contribution in [0, 0.1) is 11.6 Å². The zero-order valence-corrected chi connectivity index (χ0v) is 10.6. The van der Waals surface area contributed by atoms with Crippen LogP contribution < -0.4 is 4.74 Å². The van der Waals surface area contributed by atoms with Gasteiger partial charge in [0.1, 0.15) is 0 Å². The van der Waals surface area contributed by atoms with Gasteiger partial charge in [-0.1, -0.05) is 15.9 Å². The largest absolute Gasteiger partial charge is 0.488 e. The average Bonchev–Trinajstić information content (AvgIpc) is 2.15. The lowest BCUT2D eigenvalue weighted by Gasteiger charge is -2.08. The van der Waals surface area contributed by atoms with Gasteiger partial charge in [0.25, 0.3) is 0 Å². The Balaban J connectivity index is 2.60. The van der Waals surface area contributed by atoms with E-state index in [0.29, 0.717) is 11.1 Å². The van der Waals surface area contributed by atoms with Crippen molar-refractivity contribution < 1.29 is 13.5 Å². The molecule has 0 bridgehead atoms. The molecule has 0 saturated heterocycles. The molecular weight excluding hydrogens is 286 g/mol. The van der Waals surface area contributed by atoms with Gasteiger partial charge in [-0.05, 0) is 30.6 Å². The molecular formula is C10H11BrF2OS. The summed E-state index contributed by atoms with van der Waals surface area (Å²) < 4.78 is 31.9. The molecule has 0 aliphatic carbocycles. The highest BCUT2D eigenvalue weighted by atomic mass is 79.9. The predicted octanol–water partition coefficient (Wildman–Crippen LogP) is 3.86. The molecule has 1 aromatic carbocycles. The topological polar surface area (TPSA) is 9.23 Å². The monoisotopic (exact) mass is 296 g/mol. The molecule has 15 heavy (non-hydrogen) atoms. The Bertz CT molecular complexity index is 310. The molecule has 0 radical (unpaired) electrons. The quantitative estimate of drug-likeness (QED) is 0.763. The fourth-order valence-corrected chi connectivity index (χ4v) is 1.85. The molecule has 0 aromatic heterocycles. The van der Waals surface area contributed by atoms with Crippen molar-refractivity contribution in [1.82, 2.24) is 0 Å². The molecule has 84 valence electrons. The van der Waals surface area contributed by atoms with Crippen LogP contribution in [0.15, 0.2) is 16.6 Å². The second-order valence-electron chi connectivity index (χ2n) is 2.89. The van der Waals surface area contributed by atoms with Crippen molar-refractivity contribution in [3.05, 3.63) is 28.2 Å². The number of halogens is 3. The van der Waals surface area contributed by atoms with Crippen LogP contribution in [0.3, 0.4) is 0 Å². The summed E-state index contributed by atoms with van der Waals surface area (Å²) in [4.78, 5) is 0. The maximum atomic E-state index is 13.2. The molecule has 0 fully saturated rings. The predicted molar refractivity (Wildman–Crippen MR) is 62.6 cm³/mol. The van der Waals surface area contributed by atoms with E-state index in [1.54, 1.807) is 11.8 Å². The van der Waals surface area contributed by atoms with Gasteiger partial charge in [-0.15, -0.1) is 0 Å². The van der Waals surface area contributed by atoms with Crippen LogP contribution in [0.5, 0.6) is 5.75 Å². The van der Waals surface area contributed by atoms with E-state index in [1.807, 2.05) is 6.26 Å².